The van der Waals surface area contributed by atoms with Crippen LogP contribution in [0.5, 0.6) is 0 Å². The zero-order chi connectivity index (χ0) is 14.5. The van der Waals surface area contributed by atoms with Gasteiger partial charge in [0, 0.05) is 12.5 Å². The largest absolute Gasteiger partial charge is 0.319 e. The summed E-state index contributed by atoms with van der Waals surface area (Å²) in [6.07, 6.45) is 0.790. The Morgan fingerprint density at radius 3 is 2.45 bits per heavy atom. The topological polar surface area (TPSA) is 12.0 Å². The second-order valence-electron chi connectivity index (χ2n) is 5.12. The normalized spacial score (nSPS) is 12.4. The SMILES string of the molecule is CNCC(Cc1ccc(Cl)c(F)c1)c1ccc(C)cc1. The van der Waals surface area contributed by atoms with E-state index in [-0.39, 0.29) is 10.8 Å². The van der Waals surface area contributed by atoms with Gasteiger partial charge < -0.3 is 5.32 Å². The molecule has 0 amide bonds. The highest BCUT2D eigenvalue weighted by atomic mass is 35.5. The minimum Gasteiger partial charge on any atom is -0.319 e. The predicted molar refractivity (Wildman–Crippen MR) is 83.0 cm³/mol. The lowest BCUT2D eigenvalue weighted by Gasteiger charge is -2.17. The van der Waals surface area contributed by atoms with Crippen molar-refractivity contribution in [3.63, 3.8) is 0 Å². The van der Waals surface area contributed by atoms with Crippen LogP contribution in [0, 0.1) is 12.7 Å². The first-order valence-electron chi connectivity index (χ1n) is 6.75. The second-order valence-corrected chi connectivity index (χ2v) is 5.53. The van der Waals surface area contributed by atoms with Crippen LogP contribution in [-0.4, -0.2) is 13.6 Å². The van der Waals surface area contributed by atoms with Crippen LogP contribution in [0.4, 0.5) is 4.39 Å². The zero-order valence-electron chi connectivity index (χ0n) is 11.8. The summed E-state index contributed by atoms with van der Waals surface area (Å²) in [7, 11) is 1.93. The molecule has 0 saturated carbocycles. The zero-order valence-corrected chi connectivity index (χ0v) is 12.5. The number of benzene rings is 2. The molecule has 0 bridgehead atoms. The van der Waals surface area contributed by atoms with Crippen molar-refractivity contribution in [3.8, 4) is 0 Å². The van der Waals surface area contributed by atoms with Crippen LogP contribution in [0.3, 0.4) is 0 Å². The van der Waals surface area contributed by atoms with Crippen molar-refractivity contribution in [3.05, 3.63) is 70.0 Å². The highest BCUT2D eigenvalue weighted by Crippen LogP contribution is 2.23. The molecule has 0 saturated heterocycles. The average Bonchev–Trinajstić information content (AvgIpc) is 2.43. The molecule has 0 spiro atoms. The van der Waals surface area contributed by atoms with E-state index in [1.807, 2.05) is 13.1 Å². The molecule has 0 aliphatic heterocycles. The van der Waals surface area contributed by atoms with Crippen LogP contribution < -0.4 is 5.32 Å². The minimum absolute atomic E-state index is 0.175. The molecule has 0 fully saturated rings. The van der Waals surface area contributed by atoms with Crippen LogP contribution in [-0.2, 0) is 6.42 Å². The molecule has 2 aromatic carbocycles. The van der Waals surface area contributed by atoms with Gasteiger partial charge in [0.05, 0.1) is 5.02 Å². The van der Waals surface area contributed by atoms with Crippen molar-refractivity contribution in [1.82, 2.24) is 5.32 Å². The smallest absolute Gasteiger partial charge is 0.142 e. The number of hydrogen-bond acceptors (Lipinski definition) is 1. The standard InChI is InChI=1S/C17H19ClFN/c1-12-3-6-14(7-4-12)15(11-20-2)9-13-5-8-16(18)17(19)10-13/h3-8,10,15,20H,9,11H2,1-2H3. The highest BCUT2D eigenvalue weighted by Gasteiger charge is 2.12. The lowest BCUT2D eigenvalue weighted by atomic mass is 9.91. The van der Waals surface area contributed by atoms with E-state index >= 15 is 0 Å². The van der Waals surface area contributed by atoms with Crippen molar-refractivity contribution in [2.24, 2.45) is 0 Å². The third kappa shape index (κ3) is 3.81. The molecule has 20 heavy (non-hydrogen) atoms. The highest BCUT2D eigenvalue weighted by molar-refractivity contribution is 6.30. The Hall–Kier alpha value is -1.38. The summed E-state index contributed by atoms with van der Waals surface area (Å²) in [6.45, 7) is 2.93. The molecule has 1 nitrogen and oxygen atoms in total. The van der Waals surface area contributed by atoms with E-state index < -0.39 is 0 Å². The van der Waals surface area contributed by atoms with Gasteiger partial charge >= 0.3 is 0 Å². The number of nitrogens with one attached hydrogen (secondary N) is 1. The van der Waals surface area contributed by atoms with Crippen molar-refractivity contribution in [2.45, 2.75) is 19.3 Å². The summed E-state index contributed by atoms with van der Waals surface area (Å²) in [4.78, 5) is 0. The lowest BCUT2D eigenvalue weighted by molar-refractivity contribution is 0.608. The molecular weight excluding hydrogens is 273 g/mol. The Morgan fingerprint density at radius 1 is 1.15 bits per heavy atom. The summed E-state index contributed by atoms with van der Waals surface area (Å²) < 4.78 is 13.5. The summed E-state index contributed by atoms with van der Waals surface area (Å²) >= 11 is 5.73. The first-order chi connectivity index (χ1) is 9.60. The number of halogens is 2. The van der Waals surface area contributed by atoms with Crippen LogP contribution in [0.2, 0.25) is 5.02 Å². The van der Waals surface area contributed by atoms with E-state index in [1.165, 1.54) is 17.2 Å². The maximum atomic E-state index is 13.5. The van der Waals surface area contributed by atoms with Crippen molar-refractivity contribution < 1.29 is 4.39 Å². The van der Waals surface area contributed by atoms with E-state index in [4.69, 9.17) is 11.6 Å². The molecule has 0 heterocycles. The predicted octanol–water partition coefficient (Wildman–Crippen LogP) is 4.33. The van der Waals surface area contributed by atoms with Crippen molar-refractivity contribution >= 4 is 11.6 Å². The van der Waals surface area contributed by atoms with E-state index in [0.717, 1.165) is 18.5 Å². The van der Waals surface area contributed by atoms with Crippen LogP contribution in [0.15, 0.2) is 42.5 Å². The molecule has 2 aromatic rings. The fourth-order valence-corrected chi connectivity index (χ4v) is 2.46. The van der Waals surface area contributed by atoms with Gasteiger partial charge in [0.1, 0.15) is 5.82 Å². The number of aryl methyl sites for hydroxylation is 1. The fourth-order valence-electron chi connectivity index (χ4n) is 2.34. The fraction of sp³-hybridized carbons (Fsp3) is 0.294. The Morgan fingerprint density at radius 2 is 1.85 bits per heavy atom. The quantitative estimate of drug-likeness (QED) is 0.864. The summed E-state index contributed by atoms with van der Waals surface area (Å²) in [5.74, 6) is -0.0301. The molecule has 3 heteroatoms. The van der Waals surface area contributed by atoms with E-state index in [1.54, 1.807) is 6.07 Å². The van der Waals surface area contributed by atoms with Crippen LogP contribution in [0.1, 0.15) is 22.6 Å². The minimum atomic E-state index is -0.351. The van der Waals surface area contributed by atoms with Crippen LogP contribution in [0.25, 0.3) is 0 Å². The Labute approximate surface area is 124 Å². The third-order valence-corrected chi connectivity index (χ3v) is 3.77. The number of hydrogen-bond donors (Lipinski definition) is 1. The van der Waals surface area contributed by atoms with Gasteiger partial charge in [-0.3, -0.25) is 0 Å². The van der Waals surface area contributed by atoms with Gasteiger partial charge in [0.2, 0.25) is 0 Å². The monoisotopic (exact) mass is 291 g/mol. The molecule has 1 unspecified atom stereocenters. The summed E-state index contributed by atoms with van der Waals surface area (Å²) in [5, 5.41) is 3.38. The van der Waals surface area contributed by atoms with Gasteiger partial charge in [-0.25, -0.2) is 4.39 Å². The Kier molecular flexibility index (Phi) is 5.16. The van der Waals surface area contributed by atoms with Gasteiger partial charge in [-0.15, -0.1) is 0 Å². The van der Waals surface area contributed by atoms with Crippen molar-refractivity contribution in [1.29, 1.82) is 0 Å². The summed E-state index contributed by atoms with van der Waals surface area (Å²) in [5.41, 5.74) is 3.47. The number of likely N-dealkylation sites (N-methyl/N-ethyl adjacent to an activating group) is 1. The van der Waals surface area contributed by atoms with Gasteiger partial charge in [-0.05, 0) is 43.7 Å². The maximum absolute atomic E-state index is 13.5. The third-order valence-electron chi connectivity index (χ3n) is 3.47. The van der Waals surface area contributed by atoms with Crippen LogP contribution >= 0.6 is 11.6 Å². The molecule has 106 valence electrons. The summed E-state index contributed by atoms with van der Waals surface area (Å²) in [6, 6.07) is 13.5. The molecule has 0 radical (unpaired) electrons. The molecule has 0 aliphatic rings. The molecule has 0 aromatic heterocycles. The molecule has 2 rings (SSSR count). The Balaban J connectivity index is 2.20. The van der Waals surface area contributed by atoms with Gasteiger partial charge in [0.25, 0.3) is 0 Å². The average molecular weight is 292 g/mol. The van der Waals surface area contributed by atoms with Gasteiger partial charge in [-0.2, -0.15) is 0 Å². The molecular formula is C17H19ClFN. The Bertz CT molecular complexity index is 566. The molecule has 1 N–H and O–H groups in total. The first kappa shape index (κ1) is 15.0. The second kappa shape index (κ2) is 6.87. The van der Waals surface area contributed by atoms with E-state index in [9.17, 15) is 4.39 Å². The van der Waals surface area contributed by atoms with E-state index in [0.29, 0.717) is 5.92 Å². The number of rotatable bonds is 5. The molecule has 1 atom stereocenters. The maximum Gasteiger partial charge on any atom is 0.142 e. The van der Waals surface area contributed by atoms with Gasteiger partial charge in [-0.1, -0.05) is 47.5 Å². The first-order valence-corrected chi connectivity index (χ1v) is 7.13. The van der Waals surface area contributed by atoms with Gasteiger partial charge in [0.15, 0.2) is 0 Å². The van der Waals surface area contributed by atoms with E-state index in [2.05, 4.69) is 36.5 Å². The molecule has 0 aliphatic carbocycles. The van der Waals surface area contributed by atoms with Crippen molar-refractivity contribution in [2.75, 3.05) is 13.6 Å². The lowest BCUT2D eigenvalue weighted by Crippen LogP contribution is -2.19.